The summed E-state index contributed by atoms with van der Waals surface area (Å²) >= 11 is 5.97. The molecule has 1 aliphatic heterocycles. The second-order valence-corrected chi connectivity index (χ2v) is 7.10. The summed E-state index contributed by atoms with van der Waals surface area (Å²) in [4.78, 5) is 2.62. The first-order chi connectivity index (χ1) is 8.97. The van der Waals surface area contributed by atoms with Crippen molar-refractivity contribution < 1.29 is 0 Å². The Kier molecular flexibility index (Phi) is 4.92. The first-order valence-corrected chi connectivity index (χ1v) is 7.83. The lowest BCUT2D eigenvalue weighted by molar-refractivity contribution is 0.179. The molecule has 1 fully saturated rings. The predicted molar refractivity (Wildman–Crippen MR) is 83.9 cm³/mol. The Bertz CT molecular complexity index is 388. The highest BCUT2D eigenvalue weighted by Gasteiger charge is 2.23. The van der Waals surface area contributed by atoms with Crippen LogP contribution in [0.3, 0.4) is 0 Å². The molecule has 2 rings (SSSR count). The molecule has 1 aromatic rings. The molecule has 1 aliphatic rings. The van der Waals surface area contributed by atoms with E-state index in [1.165, 1.54) is 44.5 Å². The molecule has 0 N–H and O–H groups in total. The minimum Gasteiger partial charge on any atom is -0.303 e. The molecule has 0 unspecified atom stereocenters. The van der Waals surface area contributed by atoms with Crippen molar-refractivity contribution in [3.05, 3.63) is 34.9 Å². The molecule has 1 nitrogen and oxygen atoms in total. The summed E-state index contributed by atoms with van der Waals surface area (Å²) in [5.41, 5.74) is 1.62. The van der Waals surface area contributed by atoms with Crippen LogP contribution < -0.4 is 0 Å². The van der Waals surface area contributed by atoms with Gasteiger partial charge in [-0.05, 0) is 67.9 Å². The molecule has 1 heterocycles. The zero-order chi connectivity index (χ0) is 13.9. The maximum atomic E-state index is 5.97. The van der Waals surface area contributed by atoms with Crippen molar-refractivity contribution in [1.29, 1.82) is 0 Å². The molecular formula is C17H26ClN. The Labute approximate surface area is 123 Å². The van der Waals surface area contributed by atoms with E-state index in [0.29, 0.717) is 0 Å². The number of nitrogens with zero attached hydrogens (tertiary/aromatic N) is 1. The van der Waals surface area contributed by atoms with Gasteiger partial charge in [0, 0.05) is 5.02 Å². The van der Waals surface area contributed by atoms with Crippen LogP contribution in [-0.2, 0) is 5.41 Å². The van der Waals surface area contributed by atoms with Crippen LogP contribution in [0.2, 0.25) is 5.02 Å². The highest BCUT2D eigenvalue weighted by molar-refractivity contribution is 6.30. The fourth-order valence-corrected chi connectivity index (χ4v) is 2.89. The maximum Gasteiger partial charge on any atom is 0.0406 e. The van der Waals surface area contributed by atoms with Crippen LogP contribution in [0.1, 0.15) is 45.6 Å². The van der Waals surface area contributed by atoms with Gasteiger partial charge in [0.15, 0.2) is 0 Å². The molecule has 0 aliphatic carbocycles. The highest BCUT2D eigenvalue weighted by Crippen LogP contribution is 2.29. The minimum atomic E-state index is 0.230. The molecule has 1 aromatic carbocycles. The summed E-state index contributed by atoms with van der Waals surface area (Å²) in [6, 6.07) is 8.34. The van der Waals surface area contributed by atoms with Crippen LogP contribution in [0.4, 0.5) is 0 Å². The highest BCUT2D eigenvalue weighted by atomic mass is 35.5. The quantitative estimate of drug-likeness (QED) is 0.769. The molecule has 0 amide bonds. The molecule has 0 spiro atoms. The van der Waals surface area contributed by atoms with Crippen molar-refractivity contribution >= 4 is 11.6 Å². The molecule has 0 atom stereocenters. The van der Waals surface area contributed by atoms with Crippen molar-refractivity contribution in [1.82, 2.24) is 4.90 Å². The first kappa shape index (κ1) is 14.9. The fraction of sp³-hybridized carbons (Fsp3) is 0.647. The van der Waals surface area contributed by atoms with Crippen molar-refractivity contribution in [3.8, 4) is 0 Å². The normalized spacial score (nSPS) is 18.7. The zero-order valence-corrected chi connectivity index (χ0v) is 13.2. The van der Waals surface area contributed by atoms with Gasteiger partial charge >= 0.3 is 0 Å². The summed E-state index contributed by atoms with van der Waals surface area (Å²) in [6.07, 6.45) is 3.94. The average Bonchev–Trinajstić information content (AvgIpc) is 2.39. The lowest BCUT2D eigenvalue weighted by Gasteiger charge is -2.33. The standard InChI is InChI=1S/C17H26ClN/c1-14-8-11-19(12-9-14)13-10-17(2,3)15-4-6-16(18)7-5-15/h4-7,14H,8-13H2,1-3H3. The Morgan fingerprint density at radius 1 is 1.16 bits per heavy atom. The monoisotopic (exact) mass is 279 g/mol. The minimum absolute atomic E-state index is 0.230. The molecule has 19 heavy (non-hydrogen) atoms. The smallest absolute Gasteiger partial charge is 0.0406 e. The van der Waals surface area contributed by atoms with E-state index in [-0.39, 0.29) is 5.41 Å². The van der Waals surface area contributed by atoms with Gasteiger partial charge in [-0.3, -0.25) is 0 Å². The first-order valence-electron chi connectivity index (χ1n) is 7.46. The number of benzene rings is 1. The zero-order valence-electron chi connectivity index (χ0n) is 12.5. The average molecular weight is 280 g/mol. The summed E-state index contributed by atoms with van der Waals surface area (Å²) in [6.45, 7) is 10.8. The lowest BCUT2D eigenvalue weighted by Crippen LogP contribution is -2.36. The maximum absolute atomic E-state index is 5.97. The fourth-order valence-electron chi connectivity index (χ4n) is 2.77. The van der Waals surface area contributed by atoms with E-state index in [4.69, 9.17) is 11.6 Å². The number of hydrogen-bond acceptors (Lipinski definition) is 1. The van der Waals surface area contributed by atoms with Gasteiger partial charge in [-0.1, -0.05) is 44.5 Å². The molecule has 0 bridgehead atoms. The van der Waals surface area contributed by atoms with Gasteiger partial charge in [0.25, 0.3) is 0 Å². The van der Waals surface area contributed by atoms with E-state index in [9.17, 15) is 0 Å². The van der Waals surface area contributed by atoms with Gasteiger partial charge in [0.1, 0.15) is 0 Å². The summed E-state index contributed by atoms with van der Waals surface area (Å²) in [7, 11) is 0. The largest absolute Gasteiger partial charge is 0.303 e. The van der Waals surface area contributed by atoms with E-state index in [1.807, 2.05) is 12.1 Å². The van der Waals surface area contributed by atoms with E-state index < -0.39 is 0 Å². The Hall–Kier alpha value is -0.530. The Morgan fingerprint density at radius 3 is 2.32 bits per heavy atom. The van der Waals surface area contributed by atoms with Crippen LogP contribution in [0.25, 0.3) is 0 Å². The van der Waals surface area contributed by atoms with Gasteiger partial charge in [-0.15, -0.1) is 0 Å². The Balaban J connectivity index is 1.88. The van der Waals surface area contributed by atoms with Crippen LogP contribution in [0, 0.1) is 5.92 Å². The van der Waals surface area contributed by atoms with Crippen LogP contribution in [0.15, 0.2) is 24.3 Å². The molecule has 1 saturated heterocycles. The third-order valence-corrected chi connectivity index (χ3v) is 4.81. The summed E-state index contributed by atoms with van der Waals surface area (Å²) < 4.78 is 0. The van der Waals surface area contributed by atoms with Crippen molar-refractivity contribution in [2.75, 3.05) is 19.6 Å². The molecule has 0 aromatic heterocycles. The lowest BCUT2D eigenvalue weighted by atomic mass is 9.81. The number of halogens is 1. The van der Waals surface area contributed by atoms with E-state index in [0.717, 1.165) is 10.9 Å². The summed E-state index contributed by atoms with van der Waals surface area (Å²) in [5, 5.41) is 0.824. The Morgan fingerprint density at radius 2 is 1.74 bits per heavy atom. The van der Waals surface area contributed by atoms with E-state index >= 15 is 0 Å². The predicted octanol–water partition coefficient (Wildman–Crippen LogP) is 4.74. The third-order valence-electron chi connectivity index (χ3n) is 4.55. The SMILES string of the molecule is CC1CCN(CCC(C)(C)c2ccc(Cl)cc2)CC1. The second kappa shape index (κ2) is 6.28. The number of rotatable bonds is 4. The molecule has 0 saturated carbocycles. The van der Waals surface area contributed by atoms with Gasteiger partial charge in [0.05, 0.1) is 0 Å². The molecular weight excluding hydrogens is 254 g/mol. The number of likely N-dealkylation sites (tertiary alicyclic amines) is 1. The molecule has 106 valence electrons. The topological polar surface area (TPSA) is 3.24 Å². The van der Waals surface area contributed by atoms with Crippen molar-refractivity contribution in [2.45, 2.75) is 45.4 Å². The molecule has 0 radical (unpaired) electrons. The number of hydrogen-bond donors (Lipinski definition) is 0. The van der Waals surface area contributed by atoms with Crippen LogP contribution in [0.5, 0.6) is 0 Å². The van der Waals surface area contributed by atoms with Crippen LogP contribution >= 0.6 is 11.6 Å². The van der Waals surface area contributed by atoms with Crippen molar-refractivity contribution in [2.24, 2.45) is 5.92 Å². The van der Waals surface area contributed by atoms with Crippen LogP contribution in [-0.4, -0.2) is 24.5 Å². The molecule has 2 heteroatoms. The van der Waals surface area contributed by atoms with Crippen molar-refractivity contribution in [3.63, 3.8) is 0 Å². The summed E-state index contributed by atoms with van der Waals surface area (Å²) in [5.74, 6) is 0.917. The van der Waals surface area contributed by atoms with E-state index in [1.54, 1.807) is 0 Å². The van der Waals surface area contributed by atoms with Gasteiger partial charge in [-0.2, -0.15) is 0 Å². The number of piperidine rings is 1. The van der Waals surface area contributed by atoms with Gasteiger partial charge in [-0.25, -0.2) is 0 Å². The van der Waals surface area contributed by atoms with E-state index in [2.05, 4.69) is 37.8 Å². The second-order valence-electron chi connectivity index (χ2n) is 6.66. The van der Waals surface area contributed by atoms with Gasteiger partial charge < -0.3 is 4.90 Å². The third kappa shape index (κ3) is 4.22. The van der Waals surface area contributed by atoms with Gasteiger partial charge in [0.2, 0.25) is 0 Å².